The van der Waals surface area contributed by atoms with Crippen molar-refractivity contribution >= 4 is 35.3 Å². The molecular formula is C11H18ClN5S. The van der Waals surface area contributed by atoms with Crippen LogP contribution >= 0.6 is 23.4 Å². The Balaban J connectivity index is 2.05. The van der Waals surface area contributed by atoms with Gasteiger partial charge in [-0.05, 0) is 30.7 Å². The van der Waals surface area contributed by atoms with Crippen LogP contribution in [0.1, 0.15) is 19.3 Å². The number of nitrogens with one attached hydrogen (secondary N) is 1. The lowest BCUT2D eigenvalue weighted by molar-refractivity contribution is 0.379. The van der Waals surface area contributed by atoms with Crippen LogP contribution in [0, 0.1) is 0 Å². The van der Waals surface area contributed by atoms with Crippen LogP contribution in [-0.4, -0.2) is 46.6 Å². The highest BCUT2D eigenvalue weighted by Crippen LogP contribution is 2.42. The monoisotopic (exact) mass is 287 g/mol. The Hall–Kier alpha value is -0.750. The fourth-order valence-corrected chi connectivity index (χ4v) is 2.95. The van der Waals surface area contributed by atoms with Crippen LogP contribution in [0.25, 0.3) is 0 Å². The summed E-state index contributed by atoms with van der Waals surface area (Å²) < 4.78 is 0.345. The largest absolute Gasteiger partial charge is 0.353 e. The molecule has 0 radical (unpaired) electrons. The highest BCUT2D eigenvalue weighted by atomic mass is 35.5. The van der Waals surface area contributed by atoms with Crippen LogP contribution in [0.4, 0.5) is 11.9 Å². The second kappa shape index (κ2) is 5.48. The molecular weight excluding hydrogens is 270 g/mol. The van der Waals surface area contributed by atoms with Crippen molar-refractivity contribution < 1.29 is 0 Å². The Morgan fingerprint density at radius 1 is 1.33 bits per heavy atom. The predicted octanol–water partition coefficient (Wildman–Crippen LogP) is 2.29. The minimum Gasteiger partial charge on any atom is -0.353 e. The number of thioether (sulfide) groups is 1. The number of rotatable bonds is 5. The third-order valence-electron chi connectivity index (χ3n) is 3.26. The SMILES string of the molecule is CSC1(CNc2nc(Cl)nc(N(C)C)n2)CCC1. The van der Waals surface area contributed by atoms with Gasteiger partial charge in [-0.2, -0.15) is 26.7 Å². The molecule has 1 aromatic heterocycles. The second-order valence-electron chi connectivity index (χ2n) is 4.72. The highest BCUT2D eigenvalue weighted by molar-refractivity contribution is 8.00. The Morgan fingerprint density at radius 3 is 2.56 bits per heavy atom. The minimum absolute atomic E-state index is 0.225. The summed E-state index contributed by atoms with van der Waals surface area (Å²) in [5.74, 6) is 1.13. The summed E-state index contributed by atoms with van der Waals surface area (Å²) in [6.07, 6.45) is 5.97. The Kier molecular flexibility index (Phi) is 4.17. The van der Waals surface area contributed by atoms with Crippen LogP contribution in [0.3, 0.4) is 0 Å². The van der Waals surface area contributed by atoms with Crippen molar-refractivity contribution in [2.24, 2.45) is 0 Å². The van der Waals surface area contributed by atoms with Gasteiger partial charge in [0.15, 0.2) is 0 Å². The van der Waals surface area contributed by atoms with E-state index in [1.807, 2.05) is 30.8 Å². The van der Waals surface area contributed by atoms with Crippen LogP contribution in [0.2, 0.25) is 5.28 Å². The molecule has 7 heteroatoms. The van der Waals surface area contributed by atoms with Crippen molar-refractivity contribution in [1.82, 2.24) is 15.0 Å². The number of hydrogen-bond acceptors (Lipinski definition) is 6. The fourth-order valence-electron chi connectivity index (χ4n) is 1.88. The lowest BCUT2D eigenvalue weighted by atomic mass is 9.84. The molecule has 0 amide bonds. The van der Waals surface area contributed by atoms with E-state index in [1.165, 1.54) is 19.3 Å². The molecule has 1 aromatic rings. The van der Waals surface area contributed by atoms with Gasteiger partial charge in [0, 0.05) is 25.4 Å². The van der Waals surface area contributed by atoms with E-state index < -0.39 is 0 Å². The molecule has 1 aliphatic rings. The van der Waals surface area contributed by atoms with Crippen LogP contribution in [0.5, 0.6) is 0 Å². The van der Waals surface area contributed by atoms with E-state index in [4.69, 9.17) is 11.6 Å². The van der Waals surface area contributed by atoms with Gasteiger partial charge in [0.2, 0.25) is 17.2 Å². The minimum atomic E-state index is 0.225. The first-order valence-corrected chi connectivity index (χ1v) is 7.53. The number of hydrogen-bond donors (Lipinski definition) is 1. The Labute approximate surface area is 117 Å². The summed E-state index contributed by atoms with van der Waals surface area (Å²) in [7, 11) is 3.76. The van der Waals surface area contributed by atoms with Crippen molar-refractivity contribution in [3.05, 3.63) is 5.28 Å². The summed E-state index contributed by atoms with van der Waals surface area (Å²) in [4.78, 5) is 14.3. The normalized spacial score (nSPS) is 17.1. The van der Waals surface area contributed by atoms with E-state index in [1.54, 1.807) is 0 Å². The van der Waals surface area contributed by atoms with E-state index >= 15 is 0 Å². The summed E-state index contributed by atoms with van der Waals surface area (Å²) in [6, 6.07) is 0. The molecule has 0 bridgehead atoms. The molecule has 0 unspecified atom stereocenters. The van der Waals surface area contributed by atoms with Gasteiger partial charge >= 0.3 is 0 Å². The zero-order chi connectivity index (χ0) is 13.2. The average molecular weight is 288 g/mol. The fraction of sp³-hybridized carbons (Fsp3) is 0.727. The van der Waals surface area contributed by atoms with Crippen LogP contribution in [0.15, 0.2) is 0 Å². The van der Waals surface area contributed by atoms with Crippen molar-refractivity contribution in [1.29, 1.82) is 0 Å². The third-order valence-corrected chi connectivity index (χ3v) is 4.85. The smallest absolute Gasteiger partial charge is 0.230 e. The molecule has 1 saturated carbocycles. The van der Waals surface area contributed by atoms with E-state index in [2.05, 4.69) is 26.5 Å². The number of nitrogens with zero attached hydrogens (tertiary/aromatic N) is 4. The lowest BCUT2D eigenvalue weighted by Gasteiger charge is -2.40. The summed E-state index contributed by atoms with van der Waals surface area (Å²) >= 11 is 7.81. The topological polar surface area (TPSA) is 53.9 Å². The van der Waals surface area contributed by atoms with Gasteiger partial charge in [0.1, 0.15) is 0 Å². The summed E-state index contributed by atoms with van der Waals surface area (Å²) in [5.41, 5.74) is 0. The first-order chi connectivity index (χ1) is 8.54. The summed E-state index contributed by atoms with van der Waals surface area (Å²) in [5, 5.41) is 3.51. The molecule has 0 atom stereocenters. The highest BCUT2D eigenvalue weighted by Gasteiger charge is 2.36. The Morgan fingerprint density at radius 2 is 2.06 bits per heavy atom. The van der Waals surface area contributed by atoms with E-state index in [0.29, 0.717) is 16.6 Å². The van der Waals surface area contributed by atoms with Crippen LogP contribution < -0.4 is 10.2 Å². The van der Waals surface area contributed by atoms with Crippen LogP contribution in [-0.2, 0) is 0 Å². The molecule has 100 valence electrons. The molecule has 0 aliphatic heterocycles. The number of aromatic nitrogens is 3. The maximum absolute atomic E-state index is 5.89. The van der Waals surface area contributed by atoms with E-state index in [9.17, 15) is 0 Å². The van der Waals surface area contributed by atoms with Crippen molar-refractivity contribution in [2.75, 3.05) is 37.1 Å². The van der Waals surface area contributed by atoms with Crippen molar-refractivity contribution in [2.45, 2.75) is 24.0 Å². The van der Waals surface area contributed by atoms with Gasteiger partial charge in [-0.15, -0.1) is 0 Å². The first kappa shape index (κ1) is 13.7. The molecule has 18 heavy (non-hydrogen) atoms. The van der Waals surface area contributed by atoms with Crippen molar-refractivity contribution in [3.63, 3.8) is 0 Å². The third kappa shape index (κ3) is 2.98. The molecule has 0 aromatic carbocycles. The lowest BCUT2D eigenvalue weighted by Crippen LogP contribution is -2.40. The van der Waals surface area contributed by atoms with Crippen molar-refractivity contribution in [3.8, 4) is 0 Å². The first-order valence-electron chi connectivity index (χ1n) is 5.93. The quantitative estimate of drug-likeness (QED) is 0.897. The summed E-state index contributed by atoms with van der Waals surface area (Å²) in [6.45, 7) is 0.876. The second-order valence-corrected chi connectivity index (χ2v) is 6.33. The molecule has 1 N–H and O–H groups in total. The van der Waals surface area contributed by atoms with Gasteiger partial charge in [-0.3, -0.25) is 0 Å². The number of halogens is 1. The Bertz CT molecular complexity index is 416. The molecule has 1 aliphatic carbocycles. The molecule has 0 saturated heterocycles. The van der Waals surface area contributed by atoms with Gasteiger partial charge < -0.3 is 10.2 Å². The zero-order valence-electron chi connectivity index (χ0n) is 10.9. The average Bonchev–Trinajstić information content (AvgIpc) is 2.27. The standard InChI is InChI=1S/C11H18ClN5S/c1-17(2)10-15-8(12)14-9(16-10)13-7-11(18-3)5-4-6-11/h4-7H2,1-3H3,(H,13,14,15,16). The molecule has 1 fully saturated rings. The maximum atomic E-state index is 5.89. The maximum Gasteiger partial charge on any atom is 0.230 e. The molecule has 0 spiro atoms. The van der Waals surface area contributed by atoms with E-state index in [-0.39, 0.29) is 5.28 Å². The zero-order valence-corrected chi connectivity index (χ0v) is 12.5. The van der Waals surface area contributed by atoms with Gasteiger partial charge in [-0.1, -0.05) is 6.42 Å². The molecule has 1 heterocycles. The van der Waals surface area contributed by atoms with E-state index in [0.717, 1.165) is 6.54 Å². The molecule has 2 rings (SSSR count). The number of anilines is 2. The molecule has 5 nitrogen and oxygen atoms in total. The van der Waals surface area contributed by atoms with Gasteiger partial charge in [0.25, 0.3) is 0 Å². The van der Waals surface area contributed by atoms with Gasteiger partial charge in [0.05, 0.1) is 0 Å². The van der Waals surface area contributed by atoms with Gasteiger partial charge in [-0.25, -0.2) is 0 Å². The predicted molar refractivity (Wildman–Crippen MR) is 77.8 cm³/mol.